The summed E-state index contributed by atoms with van der Waals surface area (Å²) < 4.78 is 18.6. The molecule has 0 saturated heterocycles. The van der Waals surface area contributed by atoms with Crippen LogP contribution in [0.25, 0.3) is 0 Å². The number of aromatic nitrogens is 1. The van der Waals surface area contributed by atoms with Gasteiger partial charge in [-0.1, -0.05) is 12.1 Å². The third-order valence-corrected chi connectivity index (χ3v) is 2.56. The first-order chi connectivity index (χ1) is 8.75. The van der Waals surface area contributed by atoms with E-state index in [-0.39, 0.29) is 5.69 Å². The maximum atomic E-state index is 13.2. The summed E-state index contributed by atoms with van der Waals surface area (Å²) in [6.07, 6.45) is 2.50. The molecule has 0 atom stereocenters. The lowest BCUT2D eigenvalue weighted by molar-refractivity contribution is 0.123. The van der Waals surface area contributed by atoms with E-state index < -0.39 is 5.82 Å². The molecular formula is C14H15FN2O. The van der Waals surface area contributed by atoms with Gasteiger partial charge in [-0.2, -0.15) is 0 Å². The Morgan fingerprint density at radius 3 is 2.83 bits per heavy atom. The third-order valence-electron chi connectivity index (χ3n) is 2.56. The smallest absolute Gasteiger partial charge is 0.146 e. The molecule has 4 heteroatoms. The van der Waals surface area contributed by atoms with E-state index in [1.54, 1.807) is 18.3 Å². The van der Waals surface area contributed by atoms with Crippen molar-refractivity contribution in [3.63, 3.8) is 0 Å². The molecule has 1 aromatic carbocycles. The highest BCUT2D eigenvalue weighted by atomic mass is 19.1. The van der Waals surface area contributed by atoms with Gasteiger partial charge in [0, 0.05) is 18.3 Å². The van der Waals surface area contributed by atoms with Gasteiger partial charge in [0.1, 0.15) is 5.82 Å². The molecule has 2 aromatic rings. The predicted octanol–water partition coefficient (Wildman–Crippen LogP) is 2.56. The van der Waals surface area contributed by atoms with Crippen molar-refractivity contribution < 1.29 is 9.13 Å². The number of nitrogen functional groups attached to an aromatic ring is 1. The summed E-state index contributed by atoms with van der Waals surface area (Å²) in [5.74, 6) is -0.402. The molecule has 0 amide bonds. The summed E-state index contributed by atoms with van der Waals surface area (Å²) in [5.41, 5.74) is 7.32. The first-order valence-corrected chi connectivity index (χ1v) is 5.77. The SMILES string of the molecule is Nc1ccc(COCCc2ccccn2)cc1F. The lowest BCUT2D eigenvalue weighted by Crippen LogP contribution is -2.01. The van der Waals surface area contributed by atoms with E-state index in [9.17, 15) is 4.39 Å². The molecule has 2 rings (SSSR count). The van der Waals surface area contributed by atoms with Gasteiger partial charge in [0.15, 0.2) is 0 Å². The largest absolute Gasteiger partial charge is 0.396 e. The number of hydrogen-bond acceptors (Lipinski definition) is 3. The zero-order valence-corrected chi connectivity index (χ0v) is 9.97. The lowest BCUT2D eigenvalue weighted by Gasteiger charge is -2.05. The highest BCUT2D eigenvalue weighted by Gasteiger charge is 2.00. The predicted molar refractivity (Wildman–Crippen MR) is 68.4 cm³/mol. The number of nitrogens with two attached hydrogens (primary N) is 1. The number of pyridine rings is 1. The van der Waals surface area contributed by atoms with Crippen LogP contribution in [0.15, 0.2) is 42.6 Å². The van der Waals surface area contributed by atoms with Crippen LogP contribution in [0, 0.1) is 5.82 Å². The Kier molecular flexibility index (Phi) is 4.25. The molecule has 3 nitrogen and oxygen atoms in total. The molecule has 0 spiro atoms. The second-order valence-electron chi connectivity index (χ2n) is 3.98. The molecule has 1 heterocycles. The van der Waals surface area contributed by atoms with Gasteiger partial charge >= 0.3 is 0 Å². The van der Waals surface area contributed by atoms with Gasteiger partial charge in [-0.05, 0) is 29.8 Å². The van der Waals surface area contributed by atoms with Gasteiger partial charge < -0.3 is 10.5 Å². The molecular weight excluding hydrogens is 231 g/mol. The standard InChI is InChI=1S/C14H15FN2O/c15-13-9-11(4-5-14(13)16)10-18-8-6-12-3-1-2-7-17-12/h1-5,7,9H,6,8,10,16H2. The minimum atomic E-state index is -0.402. The number of nitrogens with zero attached hydrogens (tertiary/aromatic N) is 1. The van der Waals surface area contributed by atoms with Gasteiger partial charge in [-0.3, -0.25) is 4.98 Å². The second kappa shape index (κ2) is 6.12. The molecule has 2 N–H and O–H groups in total. The van der Waals surface area contributed by atoms with Crippen LogP contribution in [0.5, 0.6) is 0 Å². The van der Waals surface area contributed by atoms with Crippen LogP contribution in [0.3, 0.4) is 0 Å². The van der Waals surface area contributed by atoms with Crippen molar-refractivity contribution in [1.29, 1.82) is 0 Å². The number of ether oxygens (including phenoxy) is 1. The number of halogens is 1. The summed E-state index contributed by atoms with van der Waals surface area (Å²) in [7, 11) is 0. The first-order valence-electron chi connectivity index (χ1n) is 5.77. The number of benzene rings is 1. The van der Waals surface area contributed by atoms with Crippen molar-refractivity contribution in [2.45, 2.75) is 13.0 Å². The summed E-state index contributed by atoms with van der Waals surface area (Å²) in [4.78, 5) is 4.19. The number of anilines is 1. The summed E-state index contributed by atoms with van der Waals surface area (Å²) in [6, 6.07) is 10.5. The third kappa shape index (κ3) is 3.53. The molecule has 0 saturated carbocycles. The topological polar surface area (TPSA) is 48.1 Å². The average molecular weight is 246 g/mol. The fourth-order valence-electron chi connectivity index (χ4n) is 1.57. The highest BCUT2D eigenvalue weighted by Crippen LogP contribution is 2.12. The molecule has 94 valence electrons. The van der Waals surface area contributed by atoms with Crippen molar-refractivity contribution in [1.82, 2.24) is 4.98 Å². The fraction of sp³-hybridized carbons (Fsp3) is 0.214. The molecule has 0 aliphatic heterocycles. The van der Waals surface area contributed by atoms with Crippen molar-refractivity contribution in [3.8, 4) is 0 Å². The van der Waals surface area contributed by atoms with Crippen LogP contribution in [0.4, 0.5) is 10.1 Å². The number of rotatable bonds is 5. The van der Waals surface area contributed by atoms with Crippen molar-refractivity contribution in [2.75, 3.05) is 12.3 Å². The lowest BCUT2D eigenvalue weighted by atomic mass is 10.2. The minimum absolute atomic E-state index is 0.159. The van der Waals surface area contributed by atoms with E-state index in [1.165, 1.54) is 6.07 Å². The van der Waals surface area contributed by atoms with Gasteiger partial charge in [-0.25, -0.2) is 4.39 Å². The van der Waals surface area contributed by atoms with E-state index in [2.05, 4.69) is 4.98 Å². The van der Waals surface area contributed by atoms with Crippen LogP contribution in [0.2, 0.25) is 0 Å². The zero-order chi connectivity index (χ0) is 12.8. The van der Waals surface area contributed by atoms with Crippen molar-refractivity contribution >= 4 is 5.69 Å². The van der Waals surface area contributed by atoms with Gasteiger partial charge in [0.05, 0.1) is 18.9 Å². The molecule has 0 aliphatic carbocycles. The fourth-order valence-corrected chi connectivity index (χ4v) is 1.57. The second-order valence-corrected chi connectivity index (χ2v) is 3.98. The van der Waals surface area contributed by atoms with Crippen molar-refractivity contribution in [3.05, 3.63) is 59.7 Å². The molecule has 0 aliphatic rings. The van der Waals surface area contributed by atoms with Gasteiger partial charge in [-0.15, -0.1) is 0 Å². The minimum Gasteiger partial charge on any atom is -0.396 e. The molecule has 18 heavy (non-hydrogen) atoms. The molecule has 0 fully saturated rings. The Hall–Kier alpha value is -1.94. The zero-order valence-electron chi connectivity index (χ0n) is 9.97. The normalized spacial score (nSPS) is 10.5. The van der Waals surface area contributed by atoms with E-state index in [4.69, 9.17) is 10.5 Å². The number of hydrogen-bond donors (Lipinski definition) is 1. The monoisotopic (exact) mass is 246 g/mol. The van der Waals surface area contributed by atoms with Gasteiger partial charge in [0.2, 0.25) is 0 Å². The molecule has 0 radical (unpaired) electrons. The van der Waals surface area contributed by atoms with E-state index in [0.717, 1.165) is 17.7 Å². The van der Waals surface area contributed by atoms with Crippen LogP contribution in [-0.2, 0) is 17.8 Å². The Bertz CT molecular complexity index is 502. The summed E-state index contributed by atoms with van der Waals surface area (Å²) >= 11 is 0. The van der Waals surface area contributed by atoms with Crippen molar-refractivity contribution in [2.24, 2.45) is 0 Å². The maximum Gasteiger partial charge on any atom is 0.146 e. The Balaban J connectivity index is 1.77. The Morgan fingerprint density at radius 2 is 2.11 bits per heavy atom. The summed E-state index contributed by atoms with van der Waals surface area (Å²) in [5, 5.41) is 0. The average Bonchev–Trinajstić information content (AvgIpc) is 2.40. The Labute approximate surface area is 105 Å². The molecule has 0 unspecified atom stereocenters. The molecule has 0 bridgehead atoms. The highest BCUT2D eigenvalue weighted by molar-refractivity contribution is 5.41. The van der Waals surface area contributed by atoms with Crippen LogP contribution >= 0.6 is 0 Å². The maximum absolute atomic E-state index is 13.2. The van der Waals surface area contributed by atoms with E-state index in [0.29, 0.717) is 13.2 Å². The van der Waals surface area contributed by atoms with Crippen LogP contribution in [0.1, 0.15) is 11.3 Å². The summed E-state index contributed by atoms with van der Waals surface area (Å²) in [6.45, 7) is 0.938. The van der Waals surface area contributed by atoms with E-state index in [1.807, 2.05) is 18.2 Å². The van der Waals surface area contributed by atoms with Gasteiger partial charge in [0.25, 0.3) is 0 Å². The quantitative estimate of drug-likeness (QED) is 0.651. The van der Waals surface area contributed by atoms with Crippen LogP contribution in [-0.4, -0.2) is 11.6 Å². The molecule has 1 aromatic heterocycles. The first kappa shape index (κ1) is 12.5. The van der Waals surface area contributed by atoms with E-state index >= 15 is 0 Å². The van der Waals surface area contributed by atoms with Crippen LogP contribution < -0.4 is 5.73 Å². The Morgan fingerprint density at radius 1 is 1.22 bits per heavy atom.